The number of carboxylic acids is 1. The van der Waals surface area contributed by atoms with Crippen molar-refractivity contribution in [2.24, 2.45) is 0 Å². The first-order valence-electron chi connectivity index (χ1n) is 7.22. The number of carbonyl (C=O) groups is 1. The molecule has 3 rings (SSSR count). The third kappa shape index (κ3) is 2.71. The van der Waals surface area contributed by atoms with Crippen LogP contribution in [0.3, 0.4) is 0 Å². The number of para-hydroxylation sites is 2. The van der Waals surface area contributed by atoms with Crippen LogP contribution < -0.4 is 10.8 Å². The Bertz CT molecular complexity index is 824. The van der Waals surface area contributed by atoms with Crippen LogP contribution in [0.1, 0.15) is 21.7 Å². The lowest BCUT2D eigenvalue weighted by Gasteiger charge is -2.10. The average Bonchev–Trinajstić information content (AvgIpc) is 2.86. The van der Waals surface area contributed by atoms with Crippen molar-refractivity contribution in [1.29, 1.82) is 0 Å². The number of rotatable bonds is 5. The van der Waals surface area contributed by atoms with Crippen LogP contribution in [0.5, 0.6) is 0 Å². The summed E-state index contributed by atoms with van der Waals surface area (Å²) >= 11 is 0. The van der Waals surface area contributed by atoms with Crippen LogP contribution in [-0.2, 0) is 13.0 Å². The second-order valence-electron chi connectivity index (χ2n) is 5.19. The number of nitrogens with zero attached hydrogens (tertiary/aromatic N) is 2. The monoisotopic (exact) mass is 295 g/mol. The molecule has 0 saturated heterocycles. The molecule has 22 heavy (non-hydrogen) atoms. The number of hydrogen-bond donors (Lipinski definition) is 1. The summed E-state index contributed by atoms with van der Waals surface area (Å²) in [6.07, 6.45) is 0.787. The summed E-state index contributed by atoms with van der Waals surface area (Å²) in [5.74, 6) is -0.189. The smallest absolute Gasteiger partial charge is 0.115 e. The molecular weight excluding hydrogens is 278 g/mol. The van der Waals surface area contributed by atoms with Gasteiger partial charge in [0.2, 0.25) is 0 Å². The third-order valence-corrected chi connectivity index (χ3v) is 3.64. The minimum absolute atomic E-state index is 0.195. The van der Waals surface area contributed by atoms with Gasteiger partial charge < -0.3 is 20.2 Å². The molecule has 0 atom stereocenters. The molecule has 0 radical (unpaired) electrons. The predicted octanol–water partition coefficient (Wildman–Crippen LogP) is 0.232. The van der Waals surface area contributed by atoms with Crippen molar-refractivity contribution in [1.82, 2.24) is 9.55 Å². The van der Waals surface area contributed by atoms with Gasteiger partial charge in [-0.2, -0.15) is 0 Å². The number of carbonyl (C=O) groups excluding carboxylic acids is 1. The van der Waals surface area contributed by atoms with Crippen molar-refractivity contribution in [3.05, 3.63) is 65.5 Å². The average molecular weight is 295 g/mol. The summed E-state index contributed by atoms with van der Waals surface area (Å²) in [5.41, 5.74) is 7.00. The summed E-state index contributed by atoms with van der Waals surface area (Å²) in [6, 6.07) is 14.8. The van der Waals surface area contributed by atoms with Crippen LogP contribution in [0.25, 0.3) is 11.0 Å². The zero-order valence-corrected chi connectivity index (χ0v) is 12.2. The summed E-state index contributed by atoms with van der Waals surface area (Å²) < 4.78 is 2.12. The first-order chi connectivity index (χ1) is 10.7. The molecular formula is C17H17N3O2. The standard InChI is InChI=1S/C17H17N3O2/c18-9-8-16-19-14-6-1-2-7-15(14)20(16)11-12-4-3-5-13(10-12)17(21)22/h1-7,10H,8-9,11,18H2,(H,21,22). The molecule has 0 spiro atoms. The van der Waals surface area contributed by atoms with Gasteiger partial charge in [-0.3, -0.25) is 0 Å². The molecule has 1 aromatic heterocycles. The van der Waals surface area contributed by atoms with E-state index in [9.17, 15) is 9.90 Å². The number of aromatic carboxylic acids is 1. The SMILES string of the molecule is [NH3+]CCc1nc2ccccc2n1Cc1cccc(C(=O)[O-])c1. The summed E-state index contributed by atoms with van der Waals surface area (Å²) in [5, 5.41) is 11.0. The fourth-order valence-electron chi connectivity index (χ4n) is 2.63. The second-order valence-corrected chi connectivity index (χ2v) is 5.19. The zero-order valence-electron chi connectivity index (χ0n) is 12.2. The third-order valence-electron chi connectivity index (χ3n) is 3.64. The lowest BCUT2D eigenvalue weighted by molar-refractivity contribution is -0.366. The number of hydrogen-bond acceptors (Lipinski definition) is 3. The second kappa shape index (κ2) is 5.99. The van der Waals surface area contributed by atoms with Gasteiger partial charge in [-0.15, -0.1) is 0 Å². The molecule has 0 aliphatic carbocycles. The minimum Gasteiger partial charge on any atom is -0.545 e. The van der Waals surface area contributed by atoms with E-state index >= 15 is 0 Å². The zero-order chi connectivity index (χ0) is 15.5. The molecule has 0 amide bonds. The molecule has 5 nitrogen and oxygen atoms in total. The lowest BCUT2D eigenvalue weighted by Crippen LogP contribution is -2.51. The van der Waals surface area contributed by atoms with Gasteiger partial charge in [-0.25, -0.2) is 4.98 Å². The number of aromatic nitrogens is 2. The topological polar surface area (TPSA) is 85.6 Å². The highest BCUT2D eigenvalue weighted by Gasteiger charge is 2.11. The van der Waals surface area contributed by atoms with Crippen molar-refractivity contribution < 1.29 is 15.6 Å². The van der Waals surface area contributed by atoms with E-state index in [1.54, 1.807) is 18.2 Å². The quantitative estimate of drug-likeness (QED) is 0.731. The molecule has 3 N–H and O–H groups in total. The Kier molecular flexibility index (Phi) is 3.89. The molecule has 0 aliphatic rings. The molecule has 3 aromatic rings. The summed E-state index contributed by atoms with van der Waals surface area (Å²) in [7, 11) is 0. The Labute approximate surface area is 128 Å². The lowest BCUT2D eigenvalue weighted by atomic mass is 10.1. The van der Waals surface area contributed by atoms with Crippen molar-refractivity contribution in [3.8, 4) is 0 Å². The van der Waals surface area contributed by atoms with E-state index in [-0.39, 0.29) is 5.56 Å². The van der Waals surface area contributed by atoms with Crippen LogP contribution in [0, 0.1) is 0 Å². The van der Waals surface area contributed by atoms with Gasteiger partial charge in [0.1, 0.15) is 5.82 Å². The van der Waals surface area contributed by atoms with E-state index < -0.39 is 5.97 Å². The Morgan fingerprint density at radius 2 is 2.00 bits per heavy atom. The van der Waals surface area contributed by atoms with Gasteiger partial charge in [0.25, 0.3) is 0 Å². The maximum Gasteiger partial charge on any atom is 0.115 e. The Balaban J connectivity index is 2.04. The number of imidazole rings is 1. The number of carboxylic acid groups (broad SMARTS) is 1. The van der Waals surface area contributed by atoms with Crippen LogP contribution in [0.2, 0.25) is 0 Å². The largest absolute Gasteiger partial charge is 0.545 e. The highest BCUT2D eigenvalue weighted by Crippen LogP contribution is 2.18. The van der Waals surface area contributed by atoms with Crippen LogP contribution in [-0.4, -0.2) is 22.1 Å². The highest BCUT2D eigenvalue weighted by atomic mass is 16.4. The van der Waals surface area contributed by atoms with Gasteiger partial charge in [-0.05, 0) is 29.3 Å². The van der Waals surface area contributed by atoms with Crippen molar-refractivity contribution in [3.63, 3.8) is 0 Å². The fraction of sp³-hybridized carbons (Fsp3) is 0.176. The highest BCUT2D eigenvalue weighted by molar-refractivity contribution is 5.85. The Morgan fingerprint density at radius 1 is 1.18 bits per heavy atom. The van der Waals surface area contributed by atoms with E-state index in [2.05, 4.69) is 15.3 Å². The van der Waals surface area contributed by atoms with Gasteiger partial charge in [0, 0.05) is 6.54 Å². The molecule has 0 aliphatic heterocycles. The number of fused-ring (bicyclic) bond motifs is 1. The Hall–Kier alpha value is -2.66. The normalized spacial score (nSPS) is 11.0. The predicted molar refractivity (Wildman–Crippen MR) is 81.1 cm³/mol. The summed E-state index contributed by atoms with van der Waals surface area (Å²) in [4.78, 5) is 15.6. The molecule has 5 heteroatoms. The Morgan fingerprint density at radius 3 is 2.77 bits per heavy atom. The van der Waals surface area contributed by atoms with E-state index in [4.69, 9.17) is 0 Å². The first-order valence-corrected chi connectivity index (χ1v) is 7.22. The van der Waals surface area contributed by atoms with Gasteiger partial charge in [-0.1, -0.05) is 30.3 Å². The van der Waals surface area contributed by atoms with Crippen molar-refractivity contribution in [2.75, 3.05) is 6.54 Å². The molecule has 0 unspecified atom stereocenters. The van der Waals surface area contributed by atoms with Gasteiger partial charge in [0.05, 0.1) is 30.0 Å². The van der Waals surface area contributed by atoms with Crippen LogP contribution in [0.15, 0.2) is 48.5 Å². The number of quaternary nitrogens is 1. The molecule has 0 saturated carbocycles. The van der Waals surface area contributed by atoms with Crippen molar-refractivity contribution in [2.45, 2.75) is 13.0 Å². The number of benzene rings is 2. The molecule has 2 aromatic carbocycles. The molecule has 0 bridgehead atoms. The van der Waals surface area contributed by atoms with Crippen LogP contribution >= 0.6 is 0 Å². The molecule has 112 valence electrons. The van der Waals surface area contributed by atoms with Gasteiger partial charge >= 0.3 is 0 Å². The van der Waals surface area contributed by atoms with E-state index in [0.717, 1.165) is 35.4 Å². The minimum atomic E-state index is -1.16. The van der Waals surface area contributed by atoms with E-state index in [1.807, 2.05) is 30.3 Å². The van der Waals surface area contributed by atoms with E-state index in [1.165, 1.54) is 0 Å². The fourth-order valence-corrected chi connectivity index (χ4v) is 2.63. The van der Waals surface area contributed by atoms with Crippen molar-refractivity contribution >= 4 is 17.0 Å². The maximum absolute atomic E-state index is 11.0. The van der Waals surface area contributed by atoms with Crippen LogP contribution in [0.4, 0.5) is 0 Å². The van der Waals surface area contributed by atoms with E-state index in [0.29, 0.717) is 6.54 Å². The first kappa shape index (κ1) is 14.3. The van der Waals surface area contributed by atoms with Gasteiger partial charge in [0.15, 0.2) is 0 Å². The molecule has 0 fully saturated rings. The maximum atomic E-state index is 11.0. The summed E-state index contributed by atoms with van der Waals surface area (Å²) in [6.45, 7) is 1.35. The molecule has 1 heterocycles.